The molecule has 1 aliphatic heterocycles. The van der Waals surface area contributed by atoms with E-state index in [-0.39, 0.29) is 9.23 Å². The fraction of sp³-hybridized carbons (Fsp3) is 0.636. The van der Waals surface area contributed by atoms with Crippen molar-refractivity contribution in [3.63, 3.8) is 0 Å². The van der Waals surface area contributed by atoms with Gasteiger partial charge < -0.3 is 0 Å². The first-order valence-corrected chi connectivity index (χ1v) is 9.51. The van der Waals surface area contributed by atoms with Gasteiger partial charge in [0.1, 0.15) is 9.23 Å². The molecule has 0 bridgehead atoms. The maximum Gasteiger partial charge on any atom is 0.245 e. The highest BCUT2D eigenvalue weighted by Gasteiger charge is 2.32. The van der Waals surface area contributed by atoms with Gasteiger partial charge in [-0.3, -0.25) is 0 Å². The Hall–Kier alpha value is 0.480. The Bertz CT molecular complexity index is 542. The Balaban J connectivity index is 2.22. The molecule has 108 valence electrons. The Labute approximate surface area is 132 Å². The van der Waals surface area contributed by atoms with Gasteiger partial charge in [-0.2, -0.15) is 4.31 Å². The smallest absolute Gasteiger partial charge is 0.207 e. The van der Waals surface area contributed by atoms with Gasteiger partial charge in [-0.05, 0) is 31.2 Å². The number of rotatable bonds is 4. The van der Waals surface area contributed by atoms with Crippen LogP contribution in [0.4, 0.5) is 0 Å². The van der Waals surface area contributed by atoms with E-state index in [4.69, 9.17) is 34.8 Å². The summed E-state index contributed by atoms with van der Waals surface area (Å²) < 4.78 is 27.2. The molecular weight excluding hydrogens is 349 g/mol. The SMILES string of the molecule is O=S(=O)(c1cc(Cl)sc1Cl)N1CCCC(CCCl)C1. The summed E-state index contributed by atoms with van der Waals surface area (Å²) in [5.41, 5.74) is 0. The third-order valence-corrected chi connectivity index (χ3v) is 7.08. The molecule has 1 atom stereocenters. The number of sulfonamides is 1. The summed E-state index contributed by atoms with van der Waals surface area (Å²) in [6.07, 6.45) is 2.72. The van der Waals surface area contributed by atoms with E-state index in [9.17, 15) is 8.42 Å². The van der Waals surface area contributed by atoms with Crippen LogP contribution in [0.3, 0.4) is 0 Å². The lowest BCUT2D eigenvalue weighted by Gasteiger charge is -2.31. The van der Waals surface area contributed by atoms with Crippen molar-refractivity contribution < 1.29 is 8.42 Å². The van der Waals surface area contributed by atoms with Crippen molar-refractivity contribution in [1.82, 2.24) is 4.31 Å². The van der Waals surface area contributed by atoms with Gasteiger partial charge in [0, 0.05) is 19.0 Å². The molecule has 2 heterocycles. The van der Waals surface area contributed by atoms with Crippen molar-refractivity contribution in [3.05, 3.63) is 14.7 Å². The van der Waals surface area contributed by atoms with Gasteiger partial charge in [0.05, 0.1) is 4.34 Å². The minimum absolute atomic E-state index is 0.121. The van der Waals surface area contributed by atoms with Gasteiger partial charge in [0.25, 0.3) is 0 Å². The van der Waals surface area contributed by atoms with Crippen LogP contribution in [0.2, 0.25) is 8.67 Å². The number of hydrogen-bond donors (Lipinski definition) is 0. The standard InChI is InChI=1S/C11H14Cl3NO2S2/c12-4-3-8-2-1-5-15(7-8)19(16,17)9-6-10(13)18-11(9)14/h6,8H,1-5,7H2. The summed E-state index contributed by atoms with van der Waals surface area (Å²) in [5, 5.41) is 0. The van der Waals surface area contributed by atoms with Crippen LogP contribution in [0.25, 0.3) is 0 Å². The molecule has 1 aliphatic rings. The molecule has 1 aromatic rings. The second-order valence-electron chi connectivity index (χ2n) is 4.54. The molecule has 2 rings (SSSR count). The van der Waals surface area contributed by atoms with E-state index < -0.39 is 10.0 Å². The Kier molecular flexibility index (Phi) is 5.42. The third-order valence-electron chi connectivity index (χ3n) is 3.24. The molecule has 19 heavy (non-hydrogen) atoms. The van der Waals surface area contributed by atoms with Crippen LogP contribution in [-0.4, -0.2) is 31.7 Å². The number of halogens is 3. The largest absolute Gasteiger partial charge is 0.245 e. The molecule has 0 spiro atoms. The minimum Gasteiger partial charge on any atom is -0.207 e. The van der Waals surface area contributed by atoms with Crippen LogP contribution in [0, 0.1) is 5.92 Å². The lowest BCUT2D eigenvalue weighted by molar-refractivity contribution is 0.262. The van der Waals surface area contributed by atoms with Crippen molar-refractivity contribution in [2.45, 2.75) is 24.2 Å². The second kappa shape index (κ2) is 6.50. The predicted octanol–water partition coefficient (Wildman–Crippen LogP) is 4.08. The summed E-state index contributed by atoms with van der Waals surface area (Å²) in [7, 11) is -3.54. The third kappa shape index (κ3) is 3.57. The number of nitrogens with zero attached hydrogens (tertiary/aromatic N) is 1. The monoisotopic (exact) mass is 361 g/mol. The van der Waals surface area contributed by atoms with Gasteiger partial charge in [0.2, 0.25) is 10.0 Å². The van der Waals surface area contributed by atoms with Crippen LogP contribution >= 0.6 is 46.1 Å². The summed E-state index contributed by atoms with van der Waals surface area (Å²) in [5.74, 6) is 0.887. The maximum atomic E-state index is 12.5. The van der Waals surface area contributed by atoms with Gasteiger partial charge in [-0.1, -0.05) is 23.2 Å². The van der Waals surface area contributed by atoms with Crippen LogP contribution in [0.5, 0.6) is 0 Å². The molecule has 0 aromatic carbocycles. The first kappa shape index (κ1) is 15.9. The van der Waals surface area contributed by atoms with Crippen LogP contribution in [0.1, 0.15) is 19.3 Å². The summed E-state index contributed by atoms with van der Waals surface area (Å²) >= 11 is 18.6. The topological polar surface area (TPSA) is 37.4 Å². The fourth-order valence-corrected chi connectivity index (χ4v) is 6.25. The van der Waals surface area contributed by atoms with Crippen molar-refractivity contribution in [3.8, 4) is 0 Å². The number of thiophene rings is 1. The molecule has 1 fully saturated rings. The molecule has 1 saturated heterocycles. The first-order chi connectivity index (χ1) is 8.95. The van der Waals surface area contributed by atoms with Gasteiger partial charge in [0.15, 0.2) is 0 Å². The number of hydrogen-bond acceptors (Lipinski definition) is 3. The van der Waals surface area contributed by atoms with Gasteiger partial charge in [-0.25, -0.2) is 8.42 Å². The summed E-state index contributed by atoms with van der Waals surface area (Å²) in [6.45, 7) is 1.05. The highest BCUT2D eigenvalue weighted by atomic mass is 35.5. The van der Waals surface area contributed by atoms with E-state index in [0.29, 0.717) is 29.2 Å². The van der Waals surface area contributed by atoms with Gasteiger partial charge in [-0.15, -0.1) is 22.9 Å². The van der Waals surface area contributed by atoms with E-state index in [1.165, 1.54) is 10.4 Å². The molecule has 0 saturated carbocycles. The van der Waals surface area contributed by atoms with E-state index in [0.717, 1.165) is 30.6 Å². The zero-order chi connectivity index (χ0) is 14.0. The van der Waals surface area contributed by atoms with E-state index in [2.05, 4.69) is 0 Å². The quantitative estimate of drug-likeness (QED) is 0.757. The molecule has 0 amide bonds. The molecule has 8 heteroatoms. The van der Waals surface area contributed by atoms with Crippen molar-refractivity contribution in [2.24, 2.45) is 5.92 Å². The summed E-state index contributed by atoms with van der Waals surface area (Å²) in [4.78, 5) is 0.121. The average molecular weight is 363 g/mol. The Morgan fingerprint density at radius 3 is 2.74 bits per heavy atom. The molecule has 0 aliphatic carbocycles. The van der Waals surface area contributed by atoms with Crippen LogP contribution < -0.4 is 0 Å². The zero-order valence-electron chi connectivity index (χ0n) is 10.1. The summed E-state index contributed by atoms with van der Waals surface area (Å²) in [6, 6.07) is 1.43. The highest BCUT2D eigenvalue weighted by Crippen LogP contribution is 2.37. The lowest BCUT2D eigenvalue weighted by Crippen LogP contribution is -2.39. The molecule has 1 unspecified atom stereocenters. The zero-order valence-corrected chi connectivity index (χ0v) is 14.0. The van der Waals surface area contributed by atoms with Crippen LogP contribution in [0.15, 0.2) is 11.0 Å². The minimum atomic E-state index is -3.54. The second-order valence-corrected chi connectivity index (χ2v) is 9.11. The first-order valence-electron chi connectivity index (χ1n) is 5.96. The number of piperidine rings is 1. The Morgan fingerprint density at radius 1 is 1.42 bits per heavy atom. The van der Waals surface area contributed by atoms with Crippen molar-refractivity contribution >= 4 is 56.2 Å². The molecule has 0 radical (unpaired) electrons. The van der Waals surface area contributed by atoms with E-state index >= 15 is 0 Å². The van der Waals surface area contributed by atoms with Crippen molar-refractivity contribution in [1.29, 1.82) is 0 Å². The number of alkyl halides is 1. The average Bonchev–Trinajstić information content (AvgIpc) is 2.70. The molecular formula is C11H14Cl3NO2S2. The fourth-order valence-electron chi connectivity index (χ4n) is 2.28. The highest BCUT2D eigenvalue weighted by molar-refractivity contribution is 7.89. The predicted molar refractivity (Wildman–Crippen MR) is 81.2 cm³/mol. The lowest BCUT2D eigenvalue weighted by atomic mass is 9.97. The molecule has 0 N–H and O–H groups in total. The normalized spacial score (nSPS) is 21.7. The van der Waals surface area contributed by atoms with Crippen LogP contribution in [-0.2, 0) is 10.0 Å². The van der Waals surface area contributed by atoms with Gasteiger partial charge >= 0.3 is 0 Å². The molecule has 3 nitrogen and oxygen atoms in total. The van der Waals surface area contributed by atoms with E-state index in [1.807, 2.05) is 0 Å². The maximum absolute atomic E-state index is 12.5. The van der Waals surface area contributed by atoms with E-state index in [1.54, 1.807) is 0 Å². The van der Waals surface area contributed by atoms with Crippen molar-refractivity contribution in [2.75, 3.05) is 19.0 Å². The Morgan fingerprint density at radius 2 is 2.16 bits per heavy atom. The molecule has 1 aromatic heterocycles.